The Bertz CT molecular complexity index is 789. The molecule has 1 aliphatic heterocycles. The Labute approximate surface area is 178 Å². The van der Waals surface area contributed by atoms with Crippen LogP contribution < -0.4 is 9.64 Å². The average molecular weight is 417 g/mol. The first-order valence-corrected chi connectivity index (χ1v) is 10.4. The van der Waals surface area contributed by atoms with Crippen LogP contribution in [0.3, 0.4) is 0 Å². The Morgan fingerprint density at radius 3 is 2.59 bits per heavy atom. The number of rotatable bonds is 9. The van der Waals surface area contributed by atoms with E-state index < -0.39 is 0 Å². The monoisotopic (exact) mass is 416 g/mol. The van der Waals surface area contributed by atoms with Gasteiger partial charge in [-0.1, -0.05) is 35.9 Å². The first-order chi connectivity index (χ1) is 14.0. The van der Waals surface area contributed by atoms with Gasteiger partial charge >= 0.3 is 0 Å². The predicted molar refractivity (Wildman–Crippen MR) is 117 cm³/mol. The summed E-state index contributed by atoms with van der Waals surface area (Å²) in [6.07, 6.45) is 2.47. The Hall–Kier alpha value is -2.24. The number of amides is 1. The molecular weight excluding hydrogens is 388 g/mol. The van der Waals surface area contributed by atoms with Gasteiger partial charge in [0.05, 0.1) is 24.2 Å². The molecule has 1 atom stereocenters. The summed E-state index contributed by atoms with van der Waals surface area (Å²) in [4.78, 5) is 16.9. The molecule has 0 N–H and O–H groups in total. The van der Waals surface area contributed by atoms with Crippen molar-refractivity contribution in [2.75, 3.05) is 38.8 Å². The zero-order valence-corrected chi connectivity index (χ0v) is 17.9. The van der Waals surface area contributed by atoms with E-state index in [-0.39, 0.29) is 12.0 Å². The third-order valence-corrected chi connectivity index (χ3v) is 5.35. The largest absolute Gasteiger partial charge is 0.491 e. The van der Waals surface area contributed by atoms with Crippen LogP contribution in [0.25, 0.3) is 0 Å². The van der Waals surface area contributed by atoms with E-state index in [1.54, 1.807) is 6.07 Å². The lowest BCUT2D eigenvalue weighted by molar-refractivity contribution is -0.134. The van der Waals surface area contributed by atoms with Gasteiger partial charge in [0.15, 0.2) is 0 Å². The van der Waals surface area contributed by atoms with Crippen molar-refractivity contribution >= 4 is 23.2 Å². The van der Waals surface area contributed by atoms with Crippen molar-refractivity contribution in [3.63, 3.8) is 0 Å². The highest BCUT2D eigenvalue weighted by atomic mass is 35.5. The van der Waals surface area contributed by atoms with Crippen molar-refractivity contribution in [2.24, 2.45) is 0 Å². The van der Waals surface area contributed by atoms with Crippen LogP contribution in [0.4, 0.5) is 5.69 Å². The van der Waals surface area contributed by atoms with E-state index >= 15 is 0 Å². The van der Waals surface area contributed by atoms with Crippen molar-refractivity contribution in [3.8, 4) is 5.75 Å². The number of nitrogens with zero attached hydrogens (tertiary/aromatic N) is 2. The minimum atomic E-state index is 0.0595. The quantitative estimate of drug-likeness (QED) is 0.608. The van der Waals surface area contributed by atoms with Crippen LogP contribution in [0.2, 0.25) is 5.02 Å². The zero-order valence-electron chi connectivity index (χ0n) is 17.1. The van der Waals surface area contributed by atoms with Gasteiger partial charge in [-0.15, -0.1) is 0 Å². The second kappa shape index (κ2) is 10.5. The fourth-order valence-corrected chi connectivity index (χ4v) is 3.57. The summed E-state index contributed by atoms with van der Waals surface area (Å²) in [5.41, 5.74) is 2.24. The molecular formula is C23H29ClN2O3. The zero-order chi connectivity index (χ0) is 20.6. The van der Waals surface area contributed by atoms with Gasteiger partial charge in [0.2, 0.25) is 5.91 Å². The summed E-state index contributed by atoms with van der Waals surface area (Å²) in [6, 6.07) is 15.6. The van der Waals surface area contributed by atoms with E-state index in [1.807, 2.05) is 37.2 Å². The number of hydrogen-bond donors (Lipinski definition) is 0. The number of halogens is 1. The lowest BCUT2D eigenvalue weighted by Crippen LogP contribution is -2.37. The Morgan fingerprint density at radius 1 is 1.17 bits per heavy atom. The maximum absolute atomic E-state index is 12.9. The van der Waals surface area contributed by atoms with Gasteiger partial charge in [-0.05, 0) is 42.7 Å². The number of anilines is 1. The molecule has 29 heavy (non-hydrogen) atoms. The Morgan fingerprint density at radius 2 is 1.93 bits per heavy atom. The van der Waals surface area contributed by atoms with E-state index in [9.17, 15) is 4.79 Å². The van der Waals surface area contributed by atoms with E-state index in [1.165, 1.54) is 0 Å². The molecule has 0 spiro atoms. The molecule has 3 rings (SSSR count). The molecule has 0 radical (unpaired) electrons. The highest BCUT2D eigenvalue weighted by Gasteiger charge is 2.23. The summed E-state index contributed by atoms with van der Waals surface area (Å²) < 4.78 is 11.5. The fourth-order valence-electron chi connectivity index (χ4n) is 3.38. The molecule has 2 aromatic rings. The standard InChI is InChI=1S/C23H29ClN2O3/c1-25(2)19-11-9-18(10-12-19)16-26(17-20-6-5-14-28-20)23(27)13-15-29-22-8-4-3-7-21(22)24/h3-4,7-12,20H,5-6,13-17H2,1-2H3. The number of para-hydroxylation sites is 1. The van der Waals surface area contributed by atoms with Crippen molar-refractivity contribution < 1.29 is 14.3 Å². The summed E-state index contributed by atoms with van der Waals surface area (Å²) >= 11 is 6.12. The highest BCUT2D eigenvalue weighted by Crippen LogP contribution is 2.23. The lowest BCUT2D eigenvalue weighted by Gasteiger charge is -2.26. The first kappa shape index (κ1) is 21.5. The van der Waals surface area contributed by atoms with Crippen LogP contribution in [0.5, 0.6) is 5.75 Å². The molecule has 6 heteroatoms. The van der Waals surface area contributed by atoms with Gasteiger partial charge in [0.25, 0.3) is 0 Å². The summed E-state index contributed by atoms with van der Waals surface area (Å²) in [5, 5.41) is 0.553. The van der Waals surface area contributed by atoms with Crippen LogP contribution in [0.1, 0.15) is 24.8 Å². The fraction of sp³-hybridized carbons (Fsp3) is 0.435. The second-order valence-electron chi connectivity index (χ2n) is 7.50. The normalized spacial score (nSPS) is 15.9. The lowest BCUT2D eigenvalue weighted by atomic mass is 10.1. The molecule has 1 aliphatic rings. The van der Waals surface area contributed by atoms with Crippen LogP contribution in [0, 0.1) is 0 Å². The van der Waals surface area contributed by atoms with Crippen LogP contribution in [-0.2, 0) is 16.1 Å². The minimum absolute atomic E-state index is 0.0595. The first-order valence-electron chi connectivity index (χ1n) is 10.1. The average Bonchev–Trinajstić information content (AvgIpc) is 3.22. The molecule has 5 nitrogen and oxygen atoms in total. The second-order valence-corrected chi connectivity index (χ2v) is 7.91. The van der Waals surface area contributed by atoms with E-state index in [0.717, 1.165) is 30.7 Å². The van der Waals surface area contributed by atoms with Gasteiger partial charge in [-0.2, -0.15) is 0 Å². The van der Waals surface area contributed by atoms with Gasteiger partial charge < -0.3 is 19.3 Å². The molecule has 1 amide bonds. The van der Waals surface area contributed by atoms with Gasteiger partial charge in [-0.25, -0.2) is 0 Å². The van der Waals surface area contributed by atoms with Gasteiger partial charge in [-0.3, -0.25) is 4.79 Å². The van der Waals surface area contributed by atoms with Crippen LogP contribution in [0.15, 0.2) is 48.5 Å². The van der Waals surface area contributed by atoms with Crippen molar-refractivity contribution in [3.05, 3.63) is 59.1 Å². The molecule has 0 aromatic heterocycles. The number of benzene rings is 2. The molecule has 2 aromatic carbocycles. The molecule has 1 heterocycles. The molecule has 156 valence electrons. The molecule has 0 bridgehead atoms. The molecule has 1 saturated heterocycles. The molecule has 1 unspecified atom stereocenters. The molecule has 1 fully saturated rings. The molecule has 0 saturated carbocycles. The van der Waals surface area contributed by atoms with Crippen molar-refractivity contribution in [1.82, 2.24) is 4.90 Å². The number of carbonyl (C=O) groups is 1. The predicted octanol–water partition coefficient (Wildman–Crippen LogP) is 4.38. The van der Waals surface area contributed by atoms with Crippen molar-refractivity contribution in [2.45, 2.75) is 31.9 Å². The number of ether oxygens (including phenoxy) is 2. The SMILES string of the molecule is CN(C)c1ccc(CN(CC2CCCO2)C(=O)CCOc2ccccc2Cl)cc1. The highest BCUT2D eigenvalue weighted by molar-refractivity contribution is 6.32. The minimum Gasteiger partial charge on any atom is -0.491 e. The maximum atomic E-state index is 12.9. The number of carbonyl (C=O) groups excluding carboxylic acids is 1. The summed E-state index contributed by atoms with van der Waals surface area (Å²) in [7, 11) is 4.03. The van der Waals surface area contributed by atoms with Gasteiger partial charge in [0, 0.05) is 39.5 Å². The van der Waals surface area contributed by atoms with E-state index in [0.29, 0.717) is 36.9 Å². The smallest absolute Gasteiger partial charge is 0.226 e. The topological polar surface area (TPSA) is 42.0 Å². The number of hydrogen-bond acceptors (Lipinski definition) is 4. The van der Waals surface area contributed by atoms with Crippen LogP contribution >= 0.6 is 11.6 Å². The van der Waals surface area contributed by atoms with E-state index in [2.05, 4.69) is 29.2 Å². The Kier molecular flexibility index (Phi) is 7.78. The third kappa shape index (κ3) is 6.38. The summed E-state index contributed by atoms with van der Waals surface area (Å²) in [5.74, 6) is 0.663. The van der Waals surface area contributed by atoms with E-state index in [4.69, 9.17) is 21.1 Å². The molecule has 0 aliphatic carbocycles. The van der Waals surface area contributed by atoms with Crippen LogP contribution in [-0.4, -0.2) is 50.8 Å². The van der Waals surface area contributed by atoms with Gasteiger partial charge in [0.1, 0.15) is 5.75 Å². The third-order valence-electron chi connectivity index (χ3n) is 5.04. The van der Waals surface area contributed by atoms with Crippen molar-refractivity contribution in [1.29, 1.82) is 0 Å². The Balaban J connectivity index is 1.60. The maximum Gasteiger partial charge on any atom is 0.226 e. The summed E-state index contributed by atoms with van der Waals surface area (Å²) in [6.45, 7) is 2.25.